The van der Waals surface area contributed by atoms with Crippen LogP contribution in [-0.2, 0) is 0 Å². The van der Waals surface area contributed by atoms with Gasteiger partial charge in [0.25, 0.3) is 0 Å². The lowest BCUT2D eigenvalue weighted by molar-refractivity contribution is 0.170. The summed E-state index contributed by atoms with van der Waals surface area (Å²) in [6, 6.07) is -0.0926. The molecule has 0 aliphatic carbocycles. The van der Waals surface area contributed by atoms with Crippen LogP contribution in [0.3, 0.4) is 0 Å². The Hall–Kier alpha value is 0.210. The van der Waals surface area contributed by atoms with Gasteiger partial charge in [-0.1, -0.05) is 0 Å². The molecular weight excluding hydrogens is 114 g/mol. The smallest absolute Gasteiger partial charge is 0.0660 e. The van der Waals surface area contributed by atoms with Gasteiger partial charge in [0.2, 0.25) is 0 Å². The largest absolute Gasteiger partial charge is 0.392 e. The predicted molar refractivity (Wildman–Crippen MR) is 32.6 cm³/mol. The van der Waals surface area contributed by atoms with Crippen LogP contribution in [0.4, 0.5) is 0 Å². The molecule has 2 atom stereocenters. The van der Waals surface area contributed by atoms with Gasteiger partial charge in [-0.15, -0.1) is 12.4 Å². The number of rotatable bonds is 1. The van der Waals surface area contributed by atoms with Crippen LogP contribution >= 0.6 is 12.4 Å². The molecule has 46 valence electrons. The van der Waals surface area contributed by atoms with Crippen molar-refractivity contribution >= 4 is 12.4 Å². The molecule has 0 spiro atoms. The molecule has 0 aromatic rings. The molecule has 7 heavy (non-hydrogen) atoms. The average Bonchev–Trinajstić information content (AvgIpc) is 1.36. The van der Waals surface area contributed by atoms with Crippen molar-refractivity contribution in [2.45, 2.75) is 26.0 Å². The van der Waals surface area contributed by atoms with E-state index in [-0.39, 0.29) is 24.6 Å². The molecule has 0 saturated carbocycles. The lowest BCUT2D eigenvalue weighted by Gasteiger charge is -2.04. The number of halogens is 1. The van der Waals surface area contributed by atoms with Gasteiger partial charge in [-0.2, -0.15) is 0 Å². The first-order valence-electron chi connectivity index (χ1n) is 2.08. The zero-order valence-electron chi connectivity index (χ0n) is 4.59. The van der Waals surface area contributed by atoms with Gasteiger partial charge in [0.05, 0.1) is 6.10 Å². The highest BCUT2D eigenvalue weighted by Crippen LogP contribution is 1.81. The molecule has 0 bridgehead atoms. The lowest BCUT2D eigenvalue weighted by atomic mass is 10.2. The Balaban J connectivity index is 0. The topological polar surface area (TPSA) is 46.2 Å². The van der Waals surface area contributed by atoms with E-state index in [1.54, 1.807) is 13.8 Å². The van der Waals surface area contributed by atoms with Crippen LogP contribution in [0.2, 0.25) is 0 Å². The molecule has 0 aliphatic heterocycles. The van der Waals surface area contributed by atoms with Crippen LogP contribution in [0, 0.1) is 0 Å². The quantitative estimate of drug-likeness (QED) is 0.524. The molecule has 0 aliphatic rings. The van der Waals surface area contributed by atoms with Crippen molar-refractivity contribution in [1.29, 1.82) is 0 Å². The first-order valence-corrected chi connectivity index (χ1v) is 2.08. The van der Waals surface area contributed by atoms with Crippen LogP contribution in [-0.4, -0.2) is 17.3 Å². The van der Waals surface area contributed by atoms with Crippen molar-refractivity contribution in [3.8, 4) is 0 Å². The fourth-order valence-electron chi connectivity index (χ4n) is 0. The molecule has 3 heteroatoms. The first-order chi connectivity index (χ1) is 2.64. The van der Waals surface area contributed by atoms with Gasteiger partial charge in [-0.3, -0.25) is 0 Å². The van der Waals surface area contributed by atoms with E-state index in [0.717, 1.165) is 0 Å². The second kappa shape index (κ2) is 4.37. The van der Waals surface area contributed by atoms with Crippen molar-refractivity contribution in [3.05, 3.63) is 0 Å². The van der Waals surface area contributed by atoms with Crippen LogP contribution in [0.1, 0.15) is 13.8 Å². The monoisotopic (exact) mass is 125 g/mol. The Morgan fingerprint density at radius 1 is 1.43 bits per heavy atom. The minimum absolute atomic E-state index is 0. The number of hydrogen-bond donors (Lipinski definition) is 2. The maximum absolute atomic E-state index is 8.50. The summed E-state index contributed by atoms with van der Waals surface area (Å²) >= 11 is 0. The van der Waals surface area contributed by atoms with E-state index in [1.165, 1.54) is 0 Å². The Bertz CT molecular complexity index is 32.7. The van der Waals surface area contributed by atoms with Gasteiger partial charge >= 0.3 is 0 Å². The Morgan fingerprint density at radius 2 is 1.57 bits per heavy atom. The molecule has 0 aromatic heterocycles. The number of hydrogen-bond acceptors (Lipinski definition) is 2. The van der Waals surface area contributed by atoms with Crippen molar-refractivity contribution in [2.24, 2.45) is 5.73 Å². The summed E-state index contributed by atoms with van der Waals surface area (Å²) in [5, 5.41) is 8.50. The SMILES string of the molecule is C[C@H](N)[C@H](C)O.Cl. The number of aliphatic hydroxyl groups is 1. The normalized spacial score (nSPS) is 17.1. The summed E-state index contributed by atoms with van der Waals surface area (Å²) < 4.78 is 0. The molecular formula is C4H12ClNO. The summed E-state index contributed by atoms with van der Waals surface area (Å²) in [4.78, 5) is 0. The first kappa shape index (κ1) is 10.2. The van der Waals surface area contributed by atoms with Crippen molar-refractivity contribution in [3.63, 3.8) is 0 Å². The third-order valence-corrected chi connectivity index (χ3v) is 0.761. The molecule has 0 amide bonds. The third-order valence-electron chi connectivity index (χ3n) is 0.761. The van der Waals surface area contributed by atoms with Gasteiger partial charge in [-0.25, -0.2) is 0 Å². The van der Waals surface area contributed by atoms with Gasteiger partial charge in [0, 0.05) is 6.04 Å². The minimum Gasteiger partial charge on any atom is -0.392 e. The lowest BCUT2D eigenvalue weighted by Crippen LogP contribution is -2.28. The zero-order valence-corrected chi connectivity index (χ0v) is 5.40. The third kappa shape index (κ3) is 6.21. The molecule has 3 N–H and O–H groups in total. The van der Waals surface area contributed by atoms with E-state index in [2.05, 4.69) is 0 Å². The average molecular weight is 126 g/mol. The van der Waals surface area contributed by atoms with E-state index >= 15 is 0 Å². The van der Waals surface area contributed by atoms with Gasteiger partial charge in [0.15, 0.2) is 0 Å². The molecule has 2 nitrogen and oxygen atoms in total. The molecule has 0 unspecified atom stereocenters. The fourth-order valence-corrected chi connectivity index (χ4v) is 0. The van der Waals surface area contributed by atoms with Crippen molar-refractivity contribution in [1.82, 2.24) is 0 Å². The predicted octanol–water partition coefficient (Wildman–Crippen LogP) is 0.136. The zero-order chi connectivity index (χ0) is 5.15. The highest BCUT2D eigenvalue weighted by Gasteiger charge is 1.97. The maximum atomic E-state index is 8.50. The van der Waals surface area contributed by atoms with E-state index in [0.29, 0.717) is 0 Å². The molecule has 0 aromatic carbocycles. The summed E-state index contributed by atoms with van der Waals surface area (Å²) in [6.07, 6.45) is -0.370. The second-order valence-corrected chi connectivity index (χ2v) is 1.60. The van der Waals surface area contributed by atoms with Crippen LogP contribution in [0.25, 0.3) is 0 Å². The van der Waals surface area contributed by atoms with E-state index in [1.807, 2.05) is 0 Å². The van der Waals surface area contributed by atoms with E-state index in [9.17, 15) is 0 Å². The van der Waals surface area contributed by atoms with E-state index < -0.39 is 0 Å². The summed E-state index contributed by atoms with van der Waals surface area (Å²) in [5.74, 6) is 0. The highest BCUT2D eigenvalue weighted by molar-refractivity contribution is 5.85. The van der Waals surface area contributed by atoms with Crippen molar-refractivity contribution < 1.29 is 5.11 Å². The molecule has 0 radical (unpaired) electrons. The Labute approximate surface area is 50.1 Å². The summed E-state index contributed by atoms with van der Waals surface area (Å²) in [6.45, 7) is 3.44. The Morgan fingerprint density at radius 3 is 1.57 bits per heavy atom. The van der Waals surface area contributed by atoms with Gasteiger partial charge in [0.1, 0.15) is 0 Å². The fraction of sp³-hybridized carbons (Fsp3) is 1.00. The summed E-state index contributed by atoms with van der Waals surface area (Å²) in [7, 11) is 0. The number of aliphatic hydroxyl groups excluding tert-OH is 1. The molecule has 0 saturated heterocycles. The number of nitrogens with two attached hydrogens (primary N) is 1. The minimum atomic E-state index is -0.370. The van der Waals surface area contributed by atoms with Crippen molar-refractivity contribution in [2.75, 3.05) is 0 Å². The molecule has 0 fully saturated rings. The van der Waals surface area contributed by atoms with Crippen LogP contribution in [0.15, 0.2) is 0 Å². The van der Waals surface area contributed by atoms with Crippen LogP contribution < -0.4 is 5.73 Å². The molecule has 0 heterocycles. The van der Waals surface area contributed by atoms with Gasteiger partial charge < -0.3 is 10.8 Å². The molecule has 0 rings (SSSR count). The second-order valence-electron chi connectivity index (χ2n) is 1.60. The Kier molecular flexibility index (Phi) is 6.40. The summed E-state index contributed by atoms with van der Waals surface area (Å²) in [5.41, 5.74) is 5.19. The van der Waals surface area contributed by atoms with Crippen LogP contribution in [0.5, 0.6) is 0 Å². The van der Waals surface area contributed by atoms with E-state index in [4.69, 9.17) is 10.8 Å². The maximum Gasteiger partial charge on any atom is 0.0660 e. The highest BCUT2D eigenvalue weighted by atomic mass is 35.5. The van der Waals surface area contributed by atoms with Gasteiger partial charge in [-0.05, 0) is 13.8 Å². The standard InChI is InChI=1S/C4H11NO.ClH/c1-3(5)4(2)6;/h3-4,6H,5H2,1-2H3;1H/t3-,4-;/m0./s1.